The van der Waals surface area contributed by atoms with Gasteiger partial charge in [0.1, 0.15) is 0 Å². The highest BCUT2D eigenvalue weighted by Gasteiger charge is 2.14. The van der Waals surface area contributed by atoms with Gasteiger partial charge in [-0.25, -0.2) is 0 Å². The molecular weight excluding hydrogens is 264 g/mol. The van der Waals surface area contributed by atoms with Crippen LogP contribution < -0.4 is 0 Å². The summed E-state index contributed by atoms with van der Waals surface area (Å²) in [6, 6.07) is 4.21. The molecule has 0 amide bonds. The van der Waals surface area contributed by atoms with Gasteiger partial charge in [-0.15, -0.1) is 0 Å². The normalized spacial score (nSPS) is 12.6. The van der Waals surface area contributed by atoms with Gasteiger partial charge in [-0.2, -0.15) is 16.9 Å². The Kier molecular flexibility index (Phi) is 4.54. The summed E-state index contributed by atoms with van der Waals surface area (Å²) in [5.74, 6) is 3.02. The molecule has 96 valence electrons. The molecule has 0 fully saturated rings. The average Bonchev–Trinajstić information content (AvgIpc) is 2.79. The van der Waals surface area contributed by atoms with Gasteiger partial charge in [0.25, 0.3) is 0 Å². The second kappa shape index (κ2) is 6.15. The number of nitrogens with zero attached hydrogens (tertiary/aromatic N) is 3. The molecule has 1 atom stereocenters. The fourth-order valence-corrected chi connectivity index (χ4v) is 2.82. The standard InChI is InChI=1S/C12H16N4S2/c1-3-18-8-9(2)16-11(14-15-12(16)17)10-4-6-13-7-5-10/h4-7,9H,3,8H2,1-2H3,(H,15,17). The van der Waals surface area contributed by atoms with Crippen LogP contribution in [0.25, 0.3) is 11.4 Å². The summed E-state index contributed by atoms with van der Waals surface area (Å²) >= 11 is 7.23. The summed E-state index contributed by atoms with van der Waals surface area (Å²) in [5, 5.41) is 7.20. The van der Waals surface area contributed by atoms with Crippen molar-refractivity contribution in [2.45, 2.75) is 19.9 Å². The second-order valence-electron chi connectivity index (χ2n) is 3.97. The largest absolute Gasteiger partial charge is 0.296 e. The van der Waals surface area contributed by atoms with Crippen LogP contribution in [0.15, 0.2) is 24.5 Å². The maximum atomic E-state index is 5.32. The number of aromatic amines is 1. The maximum Gasteiger partial charge on any atom is 0.195 e. The fourth-order valence-electron chi connectivity index (χ4n) is 1.78. The Balaban J connectivity index is 2.36. The minimum absolute atomic E-state index is 0.323. The van der Waals surface area contributed by atoms with Gasteiger partial charge in [-0.1, -0.05) is 6.92 Å². The monoisotopic (exact) mass is 280 g/mol. The van der Waals surface area contributed by atoms with E-state index >= 15 is 0 Å². The predicted molar refractivity (Wildman–Crippen MR) is 78.4 cm³/mol. The number of H-pyrrole nitrogens is 1. The molecule has 1 N–H and O–H groups in total. The lowest BCUT2D eigenvalue weighted by atomic mass is 10.2. The number of hydrogen-bond donors (Lipinski definition) is 1. The van der Waals surface area contributed by atoms with Crippen LogP contribution in [0.4, 0.5) is 0 Å². The van der Waals surface area contributed by atoms with E-state index < -0.39 is 0 Å². The number of hydrogen-bond acceptors (Lipinski definition) is 4. The molecule has 0 aliphatic carbocycles. The number of aromatic nitrogens is 4. The Morgan fingerprint density at radius 2 is 2.17 bits per heavy atom. The zero-order chi connectivity index (χ0) is 13.0. The molecule has 0 saturated carbocycles. The van der Waals surface area contributed by atoms with Gasteiger partial charge in [0.15, 0.2) is 10.6 Å². The van der Waals surface area contributed by atoms with Crippen LogP contribution in [0, 0.1) is 4.77 Å². The fraction of sp³-hybridized carbons (Fsp3) is 0.417. The Morgan fingerprint density at radius 3 is 2.83 bits per heavy atom. The Labute approximate surface area is 116 Å². The first-order chi connectivity index (χ1) is 8.74. The number of pyridine rings is 1. The molecule has 0 radical (unpaired) electrons. The summed E-state index contributed by atoms with van der Waals surface area (Å²) in [4.78, 5) is 4.02. The summed E-state index contributed by atoms with van der Waals surface area (Å²) < 4.78 is 2.75. The van der Waals surface area contributed by atoms with E-state index in [9.17, 15) is 0 Å². The smallest absolute Gasteiger partial charge is 0.195 e. The first-order valence-electron chi connectivity index (χ1n) is 5.89. The van der Waals surface area contributed by atoms with Crippen molar-refractivity contribution in [2.75, 3.05) is 11.5 Å². The SMILES string of the molecule is CCSCC(C)n1c(-c2ccncc2)n[nH]c1=S. The van der Waals surface area contributed by atoms with Crippen molar-refractivity contribution < 1.29 is 0 Å². The van der Waals surface area contributed by atoms with Gasteiger partial charge in [0.05, 0.1) is 0 Å². The minimum Gasteiger partial charge on any atom is -0.296 e. The van der Waals surface area contributed by atoms with Gasteiger partial charge >= 0.3 is 0 Å². The molecule has 6 heteroatoms. The Hall–Kier alpha value is -1.14. The Morgan fingerprint density at radius 1 is 1.44 bits per heavy atom. The lowest BCUT2D eigenvalue weighted by Crippen LogP contribution is -2.10. The average molecular weight is 280 g/mol. The van der Waals surface area contributed by atoms with E-state index in [4.69, 9.17) is 12.2 Å². The third-order valence-electron chi connectivity index (χ3n) is 2.65. The highest BCUT2D eigenvalue weighted by molar-refractivity contribution is 7.99. The zero-order valence-corrected chi connectivity index (χ0v) is 12.1. The van der Waals surface area contributed by atoms with Crippen molar-refractivity contribution >= 4 is 24.0 Å². The molecular formula is C12H16N4S2. The first kappa shape index (κ1) is 13.3. The molecule has 0 aliphatic heterocycles. The highest BCUT2D eigenvalue weighted by Crippen LogP contribution is 2.22. The van der Waals surface area contributed by atoms with Gasteiger partial charge in [0, 0.05) is 29.8 Å². The van der Waals surface area contributed by atoms with E-state index in [0.717, 1.165) is 22.9 Å². The molecule has 0 saturated heterocycles. The summed E-state index contributed by atoms with van der Waals surface area (Å²) in [6.45, 7) is 4.33. The van der Waals surface area contributed by atoms with E-state index in [1.807, 2.05) is 23.9 Å². The molecule has 18 heavy (non-hydrogen) atoms. The van der Waals surface area contributed by atoms with E-state index in [1.54, 1.807) is 12.4 Å². The topological polar surface area (TPSA) is 46.5 Å². The van der Waals surface area contributed by atoms with Crippen molar-refractivity contribution in [3.63, 3.8) is 0 Å². The van der Waals surface area contributed by atoms with Crippen molar-refractivity contribution in [1.82, 2.24) is 19.7 Å². The van der Waals surface area contributed by atoms with E-state index in [1.165, 1.54) is 0 Å². The van der Waals surface area contributed by atoms with Crippen LogP contribution in [-0.4, -0.2) is 31.3 Å². The highest BCUT2D eigenvalue weighted by atomic mass is 32.2. The molecule has 1 unspecified atom stereocenters. The maximum absolute atomic E-state index is 5.32. The van der Waals surface area contributed by atoms with E-state index in [0.29, 0.717) is 10.8 Å². The van der Waals surface area contributed by atoms with Crippen LogP contribution in [0.3, 0.4) is 0 Å². The van der Waals surface area contributed by atoms with E-state index in [-0.39, 0.29) is 0 Å². The first-order valence-corrected chi connectivity index (χ1v) is 7.45. The number of thioether (sulfide) groups is 1. The molecule has 0 aromatic carbocycles. The zero-order valence-electron chi connectivity index (χ0n) is 10.5. The van der Waals surface area contributed by atoms with Crippen LogP contribution >= 0.6 is 24.0 Å². The third-order valence-corrected chi connectivity index (χ3v) is 4.06. The number of rotatable bonds is 5. The molecule has 2 aromatic heterocycles. The van der Waals surface area contributed by atoms with Gasteiger partial charge in [-0.3, -0.25) is 14.6 Å². The van der Waals surface area contributed by atoms with Crippen LogP contribution in [-0.2, 0) is 0 Å². The second-order valence-corrected chi connectivity index (χ2v) is 5.67. The lowest BCUT2D eigenvalue weighted by Gasteiger charge is -2.14. The van der Waals surface area contributed by atoms with Crippen LogP contribution in [0.1, 0.15) is 19.9 Å². The van der Waals surface area contributed by atoms with Gasteiger partial charge in [0.2, 0.25) is 0 Å². The van der Waals surface area contributed by atoms with Crippen molar-refractivity contribution in [3.8, 4) is 11.4 Å². The van der Waals surface area contributed by atoms with Crippen molar-refractivity contribution in [3.05, 3.63) is 29.3 Å². The molecule has 0 aliphatic rings. The van der Waals surface area contributed by atoms with Gasteiger partial charge in [-0.05, 0) is 37.0 Å². The summed E-state index contributed by atoms with van der Waals surface area (Å²) in [5.41, 5.74) is 1.03. The quantitative estimate of drug-likeness (QED) is 0.854. The summed E-state index contributed by atoms with van der Waals surface area (Å²) in [7, 11) is 0. The number of nitrogens with one attached hydrogen (secondary N) is 1. The minimum atomic E-state index is 0.323. The van der Waals surface area contributed by atoms with Crippen LogP contribution in [0.5, 0.6) is 0 Å². The lowest BCUT2D eigenvalue weighted by molar-refractivity contribution is 0.606. The van der Waals surface area contributed by atoms with Gasteiger partial charge < -0.3 is 0 Å². The van der Waals surface area contributed by atoms with Crippen LogP contribution in [0.2, 0.25) is 0 Å². The van der Waals surface area contributed by atoms with Crippen molar-refractivity contribution in [1.29, 1.82) is 0 Å². The molecule has 2 heterocycles. The van der Waals surface area contributed by atoms with Crippen molar-refractivity contribution in [2.24, 2.45) is 0 Å². The third kappa shape index (κ3) is 2.81. The Bertz CT molecular complexity index is 547. The summed E-state index contributed by atoms with van der Waals surface area (Å²) in [6.07, 6.45) is 3.53. The molecule has 0 spiro atoms. The predicted octanol–water partition coefficient (Wildman–Crippen LogP) is 3.32. The molecule has 2 rings (SSSR count). The molecule has 0 bridgehead atoms. The molecule has 2 aromatic rings. The van der Waals surface area contributed by atoms with E-state index in [2.05, 4.69) is 33.6 Å². The molecule has 4 nitrogen and oxygen atoms in total.